The Hall–Kier alpha value is -1.43. The van der Waals surface area contributed by atoms with Crippen molar-refractivity contribution in [1.29, 1.82) is 0 Å². The molecule has 6 nitrogen and oxygen atoms in total. The molecule has 2 amide bonds. The summed E-state index contributed by atoms with van der Waals surface area (Å²) in [7, 11) is 1.48. The Morgan fingerprint density at radius 3 is 1.88 bits per heavy atom. The predicted octanol–water partition coefficient (Wildman–Crippen LogP) is -0.717. The van der Waals surface area contributed by atoms with E-state index in [-0.39, 0.29) is 30.6 Å². The number of amides is 2. The fourth-order valence-corrected chi connectivity index (χ4v) is 1.74. The molecule has 6 heteroatoms. The molecule has 0 saturated carbocycles. The second-order valence-electron chi connectivity index (χ2n) is 4.07. The maximum Gasteiger partial charge on any atom is 0.248 e. The van der Waals surface area contributed by atoms with E-state index in [1.807, 2.05) is 0 Å². The summed E-state index contributed by atoms with van der Waals surface area (Å²) >= 11 is 0. The first-order chi connectivity index (χ1) is 8.04. The van der Waals surface area contributed by atoms with Gasteiger partial charge < -0.3 is 14.5 Å². The predicted molar refractivity (Wildman–Crippen MR) is 60.3 cm³/mol. The van der Waals surface area contributed by atoms with E-state index in [1.165, 1.54) is 14.0 Å². The van der Waals surface area contributed by atoms with Gasteiger partial charge in [0.2, 0.25) is 11.8 Å². The van der Waals surface area contributed by atoms with Gasteiger partial charge in [-0.1, -0.05) is 0 Å². The SMILES string of the molecule is COCC(=O)N1CCN(C(=O)CC(C)=O)CC1. The van der Waals surface area contributed by atoms with E-state index in [4.69, 9.17) is 4.74 Å². The normalized spacial score (nSPS) is 15.9. The van der Waals surface area contributed by atoms with Crippen molar-refractivity contribution in [3.8, 4) is 0 Å². The number of rotatable bonds is 4. The van der Waals surface area contributed by atoms with E-state index in [2.05, 4.69) is 0 Å². The summed E-state index contributed by atoms with van der Waals surface area (Å²) in [4.78, 5) is 37.2. The maximum absolute atomic E-state index is 11.6. The van der Waals surface area contributed by atoms with Crippen LogP contribution in [0.2, 0.25) is 0 Å². The highest BCUT2D eigenvalue weighted by molar-refractivity contribution is 5.96. The van der Waals surface area contributed by atoms with Gasteiger partial charge in [-0.2, -0.15) is 0 Å². The Balaban J connectivity index is 2.37. The Kier molecular flexibility index (Phi) is 5.09. The van der Waals surface area contributed by atoms with Crippen molar-refractivity contribution < 1.29 is 19.1 Å². The average molecular weight is 242 g/mol. The number of Topliss-reactive ketones (excluding diaryl/α,β-unsaturated/α-hetero) is 1. The molecule has 1 aliphatic rings. The van der Waals surface area contributed by atoms with Gasteiger partial charge in [-0.3, -0.25) is 14.4 Å². The van der Waals surface area contributed by atoms with Gasteiger partial charge in [-0.15, -0.1) is 0 Å². The van der Waals surface area contributed by atoms with E-state index in [0.29, 0.717) is 26.2 Å². The molecule has 96 valence electrons. The smallest absolute Gasteiger partial charge is 0.248 e. The van der Waals surface area contributed by atoms with Crippen molar-refractivity contribution in [3.63, 3.8) is 0 Å². The van der Waals surface area contributed by atoms with Crippen LogP contribution in [0.5, 0.6) is 0 Å². The van der Waals surface area contributed by atoms with E-state index in [1.54, 1.807) is 9.80 Å². The van der Waals surface area contributed by atoms with Crippen molar-refractivity contribution in [3.05, 3.63) is 0 Å². The summed E-state index contributed by atoms with van der Waals surface area (Å²) in [5.74, 6) is -0.351. The molecule has 0 radical (unpaired) electrons. The fourth-order valence-electron chi connectivity index (χ4n) is 1.74. The zero-order valence-corrected chi connectivity index (χ0v) is 10.3. The second kappa shape index (κ2) is 6.34. The maximum atomic E-state index is 11.6. The Labute approximate surface area is 101 Å². The molecule has 0 atom stereocenters. The molecular formula is C11H18N2O4. The van der Waals surface area contributed by atoms with E-state index in [0.717, 1.165) is 0 Å². The first-order valence-electron chi connectivity index (χ1n) is 5.58. The third-order valence-corrected chi connectivity index (χ3v) is 2.65. The van der Waals surface area contributed by atoms with E-state index >= 15 is 0 Å². The lowest BCUT2D eigenvalue weighted by atomic mass is 10.2. The topological polar surface area (TPSA) is 66.9 Å². The first kappa shape index (κ1) is 13.6. The van der Waals surface area contributed by atoms with Crippen LogP contribution >= 0.6 is 0 Å². The van der Waals surface area contributed by atoms with Crippen LogP contribution in [-0.2, 0) is 19.1 Å². The number of hydrogen-bond acceptors (Lipinski definition) is 4. The fraction of sp³-hybridized carbons (Fsp3) is 0.727. The largest absolute Gasteiger partial charge is 0.375 e. The van der Waals surface area contributed by atoms with Crippen LogP contribution in [0.4, 0.5) is 0 Å². The molecule has 0 aromatic heterocycles. The summed E-state index contributed by atoms with van der Waals surface area (Å²) < 4.78 is 4.77. The molecule has 0 bridgehead atoms. The van der Waals surface area contributed by atoms with Gasteiger partial charge in [-0.05, 0) is 6.92 Å². The summed E-state index contributed by atoms with van der Waals surface area (Å²) in [6.07, 6.45) is -0.0496. The zero-order valence-electron chi connectivity index (χ0n) is 10.3. The molecule has 1 aliphatic heterocycles. The molecule has 0 unspecified atom stereocenters. The standard InChI is InChI=1S/C11H18N2O4/c1-9(14)7-10(15)12-3-5-13(6-4-12)11(16)8-17-2/h3-8H2,1-2H3. The van der Waals surface area contributed by atoms with Crippen LogP contribution in [-0.4, -0.2) is 67.3 Å². The molecule has 1 rings (SSSR count). The van der Waals surface area contributed by atoms with Gasteiger partial charge in [0.1, 0.15) is 12.4 Å². The highest BCUT2D eigenvalue weighted by Crippen LogP contribution is 2.04. The molecular weight excluding hydrogens is 224 g/mol. The first-order valence-corrected chi connectivity index (χ1v) is 5.58. The number of carbonyl (C=O) groups excluding carboxylic acids is 3. The molecule has 0 spiro atoms. The lowest BCUT2D eigenvalue weighted by Gasteiger charge is -2.34. The van der Waals surface area contributed by atoms with Crippen LogP contribution < -0.4 is 0 Å². The molecule has 0 aromatic rings. The van der Waals surface area contributed by atoms with Gasteiger partial charge in [0.25, 0.3) is 0 Å². The minimum atomic E-state index is -0.156. The Morgan fingerprint density at radius 2 is 1.47 bits per heavy atom. The van der Waals surface area contributed by atoms with Gasteiger partial charge in [0, 0.05) is 33.3 Å². The highest BCUT2D eigenvalue weighted by Gasteiger charge is 2.24. The minimum Gasteiger partial charge on any atom is -0.375 e. The van der Waals surface area contributed by atoms with Gasteiger partial charge in [0.05, 0.1) is 6.42 Å². The van der Waals surface area contributed by atoms with Crippen molar-refractivity contribution in [2.45, 2.75) is 13.3 Å². The number of hydrogen-bond donors (Lipinski definition) is 0. The molecule has 1 heterocycles. The number of methoxy groups -OCH3 is 1. The summed E-state index contributed by atoms with van der Waals surface area (Å²) in [5, 5.41) is 0. The van der Waals surface area contributed by atoms with Crippen LogP contribution in [0.3, 0.4) is 0 Å². The average Bonchev–Trinajstić information content (AvgIpc) is 2.28. The van der Waals surface area contributed by atoms with Crippen molar-refractivity contribution >= 4 is 17.6 Å². The van der Waals surface area contributed by atoms with E-state index < -0.39 is 0 Å². The summed E-state index contributed by atoms with van der Waals surface area (Å²) in [5.41, 5.74) is 0. The second-order valence-corrected chi connectivity index (χ2v) is 4.07. The van der Waals surface area contributed by atoms with Crippen molar-refractivity contribution in [1.82, 2.24) is 9.80 Å². The molecule has 0 aliphatic carbocycles. The number of nitrogens with zero attached hydrogens (tertiary/aromatic N) is 2. The summed E-state index contributed by atoms with van der Waals surface area (Å²) in [6, 6.07) is 0. The molecule has 1 saturated heterocycles. The number of ether oxygens (including phenoxy) is 1. The lowest BCUT2D eigenvalue weighted by Crippen LogP contribution is -2.51. The Bertz CT molecular complexity index is 309. The van der Waals surface area contributed by atoms with Gasteiger partial charge in [-0.25, -0.2) is 0 Å². The van der Waals surface area contributed by atoms with E-state index in [9.17, 15) is 14.4 Å². The zero-order chi connectivity index (χ0) is 12.8. The number of ketones is 1. The quantitative estimate of drug-likeness (QED) is 0.610. The van der Waals surface area contributed by atoms with Gasteiger partial charge in [0.15, 0.2) is 0 Å². The van der Waals surface area contributed by atoms with Crippen LogP contribution in [0, 0.1) is 0 Å². The number of carbonyl (C=O) groups is 3. The third kappa shape index (κ3) is 4.14. The molecule has 17 heavy (non-hydrogen) atoms. The lowest BCUT2D eigenvalue weighted by molar-refractivity contribution is -0.143. The van der Waals surface area contributed by atoms with Crippen molar-refractivity contribution in [2.75, 3.05) is 39.9 Å². The van der Waals surface area contributed by atoms with Crippen LogP contribution in [0.15, 0.2) is 0 Å². The Morgan fingerprint density at radius 1 is 1.00 bits per heavy atom. The third-order valence-electron chi connectivity index (χ3n) is 2.65. The summed E-state index contributed by atoms with van der Waals surface area (Å²) in [6.45, 7) is 3.46. The van der Waals surface area contributed by atoms with Crippen LogP contribution in [0.1, 0.15) is 13.3 Å². The van der Waals surface area contributed by atoms with Crippen molar-refractivity contribution in [2.24, 2.45) is 0 Å². The van der Waals surface area contributed by atoms with Crippen LogP contribution in [0.25, 0.3) is 0 Å². The van der Waals surface area contributed by atoms with Gasteiger partial charge >= 0.3 is 0 Å². The minimum absolute atomic E-state index is 0.0496. The molecule has 1 fully saturated rings. The molecule has 0 aromatic carbocycles. The molecule has 0 N–H and O–H groups in total. The highest BCUT2D eigenvalue weighted by atomic mass is 16.5. The number of piperazine rings is 1. The monoisotopic (exact) mass is 242 g/mol.